The highest BCUT2D eigenvalue weighted by atomic mass is 35.5. The molecule has 0 unspecified atom stereocenters. The molecular weight excluding hydrogens is 485 g/mol. The van der Waals surface area contributed by atoms with Gasteiger partial charge < -0.3 is 20.6 Å². The number of hydrogen-bond acceptors (Lipinski definition) is 5. The number of benzene rings is 3. The van der Waals surface area contributed by atoms with Crippen LogP contribution in [0.15, 0.2) is 65.7 Å². The van der Waals surface area contributed by atoms with E-state index >= 15 is 0 Å². The topological polar surface area (TPSA) is 101 Å². The van der Waals surface area contributed by atoms with Gasteiger partial charge in [-0.25, -0.2) is 9.79 Å². The summed E-state index contributed by atoms with van der Waals surface area (Å²) >= 11 is 13.1. The average molecular weight is 510 g/mol. The van der Waals surface area contributed by atoms with E-state index in [1.54, 1.807) is 37.3 Å². The number of fused-ring (bicyclic) bond motifs is 1. The van der Waals surface area contributed by atoms with E-state index in [0.717, 1.165) is 5.56 Å². The summed E-state index contributed by atoms with van der Waals surface area (Å²) in [4.78, 5) is 20.0. The Bertz CT molecular complexity index is 1410. The van der Waals surface area contributed by atoms with E-state index in [0.29, 0.717) is 49.0 Å². The maximum Gasteiger partial charge on any atom is 0.338 e. The first kappa shape index (κ1) is 24.8. The first-order chi connectivity index (χ1) is 16.6. The van der Waals surface area contributed by atoms with Crippen LogP contribution in [0.1, 0.15) is 47.8 Å². The molecule has 3 aromatic carbocycles. The summed E-state index contributed by atoms with van der Waals surface area (Å²) in [7, 11) is 0. The predicted molar refractivity (Wildman–Crippen MR) is 141 cm³/mol. The minimum absolute atomic E-state index is 0.0829. The van der Waals surface area contributed by atoms with Crippen molar-refractivity contribution in [3.05, 3.63) is 93.0 Å². The smallest absolute Gasteiger partial charge is 0.338 e. The molecular formula is C27H25Cl2N3O3. The number of nitrogens with two attached hydrogens (primary N) is 1. The second-order valence-electron chi connectivity index (χ2n) is 8.66. The molecule has 0 aliphatic heterocycles. The fourth-order valence-electron chi connectivity index (χ4n) is 3.99. The van der Waals surface area contributed by atoms with Crippen LogP contribution in [0.4, 0.5) is 5.69 Å². The number of carbonyl (C=O) groups excluding carboxylic acids is 1. The molecule has 4 aromatic rings. The molecule has 1 aromatic heterocycles. The molecule has 1 heterocycles. The van der Waals surface area contributed by atoms with E-state index in [1.165, 1.54) is 0 Å². The molecule has 4 rings (SSSR count). The Kier molecular flexibility index (Phi) is 6.90. The van der Waals surface area contributed by atoms with Gasteiger partial charge in [0, 0.05) is 37.6 Å². The van der Waals surface area contributed by atoms with Gasteiger partial charge in [-0.05, 0) is 45.0 Å². The maximum atomic E-state index is 12.2. The van der Waals surface area contributed by atoms with Crippen molar-refractivity contribution in [2.75, 3.05) is 6.61 Å². The number of nitrogens with one attached hydrogen (secondary N) is 1. The van der Waals surface area contributed by atoms with Crippen molar-refractivity contribution in [3.8, 4) is 5.88 Å². The van der Waals surface area contributed by atoms with Gasteiger partial charge >= 0.3 is 5.97 Å². The number of aliphatic imine (C=N–C) groups is 1. The molecule has 0 aliphatic rings. The Balaban J connectivity index is 1.92. The molecule has 0 radical (unpaired) electrons. The normalized spacial score (nSPS) is 12.2. The highest BCUT2D eigenvalue weighted by Gasteiger charge is 2.23. The van der Waals surface area contributed by atoms with E-state index in [4.69, 9.17) is 38.7 Å². The maximum absolute atomic E-state index is 12.2. The first-order valence-corrected chi connectivity index (χ1v) is 11.8. The zero-order chi connectivity index (χ0) is 25.3. The minimum atomic E-state index is -0.732. The summed E-state index contributed by atoms with van der Waals surface area (Å²) in [6.07, 6.45) is 0. The van der Waals surface area contributed by atoms with Gasteiger partial charge in [0.05, 0.1) is 29.1 Å². The fraction of sp³-hybridized carbons (Fsp3) is 0.185. The monoisotopic (exact) mass is 509 g/mol. The largest absolute Gasteiger partial charge is 0.494 e. The molecule has 0 aliphatic carbocycles. The Hall–Kier alpha value is -3.32. The van der Waals surface area contributed by atoms with E-state index in [1.807, 2.05) is 44.2 Å². The number of hydrogen-bond donors (Lipinski definition) is 3. The Labute approximate surface area is 213 Å². The number of esters is 1. The number of aromatic nitrogens is 1. The summed E-state index contributed by atoms with van der Waals surface area (Å²) in [5, 5.41) is 12.4. The van der Waals surface area contributed by atoms with Crippen molar-refractivity contribution in [3.63, 3.8) is 0 Å². The molecule has 0 saturated carbocycles. The van der Waals surface area contributed by atoms with E-state index < -0.39 is 11.5 Å². The van der Waals surface area contributed by atoms with E-state index in [-0.39, 0.29) is 12.5 Å². The van der Waals surface area contributed by atoms with Crippen LogP contribution in [0, 0.1) is 0 Å². The van der Waals surface area contributed by atoms with Crippen molar-refractivity contribution in [2.24, 2.45) is 10.7 Å². The summed E-state index contributed by atoms with van der Waals surface area (Å²) in [5.74, 6) is -0.519. The molecule has 6 nitrogen and oxygen atoms in total. The highest BCUT2D eigenvalue weighted by molar-refractivity contribution is 6.36. The van der Waals surface area contributed by atoms with Gasteiger partial charge in [0.2, 0.25) is 0 Å². The molecule has 0 saturated heterocycles. The van der Waals surface area contributed by atoms with Gasteiger partial charge in [0.1, 0.15) is 0 Å². The summed E-state index contributed by atoms with van der Waals surface area (Å²) in [6.45, 7) is 5.67. The summed E-state index contributed by atoms with van der Waals surface area (Å²) < 4.78 is 5.09. The van der Waals surface area contributed by atoms with Crippen molar-refractivity contribution in [2.45, 2.75) is 26.3 Å². The van der Waals surface area contributed by atoms with Crippen molar-refractivity contribution in [1.29, 1.82) is 0 Å². The van der Waals surface area contributed by atoms with Gasteiger partial charge in [-0.1, -0.05) is 59.6 Å². The molecule has 8 heteroatoms. The van der Waals surface area contributed by atoms with E-state index in [2.05, 4.69) is 4.98 Å². The van der Waals surface area contributed by atoms with Crippen molar-refractivity contribution in [1.82, 2.24) is 4.98 Å². The zero-order valence-corrected chi connectivity index (χ0v) is 21.0. The third-order valence-corrected chi connectivity index (χ3v) is 6.08. The first-order valence-electron chi connectivity index (χ1n) is 11.0. The lowest BCUT2D eigenvalue weighted by Gasteiger charge is -2.22. The third-order valence-electron chi connectivity index (χ3n) is 5.49. The SMILES string of the molecule is CCOC(=O)c1ccc2c(C(=Nc3cc(Cl)c(C(C)(C)N)c(Cl)c3)c3ccccc3)c(O)[nH]c2c1. The van der Waals surface area contributed by atoms with E-state index in [9.17, 15) is 9.90 Å². The predicted octanol–water partition coefficient (Wildman–Crippen LogP) is 6.72. The molecule has 4 N–H and O–H groups in total. The van der Waals surface area contributed by atoms with Gasteiger partial charge in [-0.15, -0.1) is 0 Å². The fourth-order valence-corrected chi connectivity index (χ4v) is 4.96. The third kappa shape index (κ3) is 5.05. The van der Waals surface area contributed by atoms with Crippen LogP contribution in [0.5, 0.6) is 5.88 Å². The van der Waals surface area contributed by atoms with Crippen LogP contribution in [0.3, 0.4) is 0 Å². The van der Waals surface area contributed by atoms with Crippen LogP contribution in [-0.2, 0) is 10.3 Å². The van der Waals surface area contributed by atoms with Gasteiger partial charge in [0.25, 0.3) is 0 Å². The van der Waals surface area contributed by atoms with Gasteiger partial charge in [-0.2, -0.15) is 0 Å². The zero-order valence-electron chi connectivity index (χ0n) is 19.5. The number of aromatic amines is 1. The van der Waals surface area contributed by atoms with Crippen molar-refractivity contribution >= 4 is 51.5 Å². The Morgan fingerprint density at radius 1 is 1.06 bits per heavy atom. The highest BCUT2D eigenvalue weighted by Crippen LogP contribution is 2.38. The summed E-state index contributed by atoms with van der Waals surface area (Å²) in [5.41, 5.74) is 9.35. The lowest BCUT2D eigenvalue weighted by molar-refractivity contribution is 0.0526. The molecule has 35 heavy (non-hydrogen) atoms. The van der Waals surface area contributed by atoms with Crippen molar-refractivity contribution < 1.29 is 14.6 Å². The second kappa shape index (κ2) is 9.74. The number of halogens is 2. The number of ether oxygens (including phenoxy) is 1. The summed E-state index contributed by atoms with van der Waals surface area (Å²) in [6, 6.07) is 17.9. The lowest BCUT2D eigenvalue weighted by Crippen LogP contribution is -2.29. The standard InChI is InChI=1S/C27H25Cl2N3O3/c1-4-35-26(34)16-10-11-18-21(12-16)32-25(33)22(18)24(15-8-6-5-7-9-15)31-17-13-19(28)23(20(29)14-17)27(2,3)30/h5-14,32-33H,4,30H2,1-3H3. The number of rotatable bonds is 6. The number of carbonyl (C=O) groups is 1. The Morgan fingerprint density at radius 2 is 1.71 bits per heavy atom. The number of H-pyrrole nitrogens is 1. The quantitative estimate of drug-likeness (QED) is 0.198. The molecule has 0 bridgehead atoms. The van der Waals surface area contributed by atoms with Gasteiger partial charge in [-0.3, -0.25) is 0 Å². The number of nitrogens with zero attached hydrogens (tertiary/aromatic N) is 1. The van der Waals surface area contributed by atoms with Gasteiger partial charge in [0.15, 0.2) is 5.88 Å². The molecule has 0 fully saturated rings. The molecule has 0 spiro atoms. The molecule has 0 amide bonds. The Morgan fingerprint density at radius 3 is 2.31 bits per heavy atom. The van der Waals surface area contributed by atoms with Crippen LogP contribution >= 0.6 is 23.2 Å². The minimum Gasteiger partial charge on any atom is -0.494 e. The molecule has 180 valence electrons. The molecule has 0 atom stereocenters. The lowest BCUT2D eigenvalue weighted by atomic mass is 9.95. The second-order valence-corrected chi connectivity index (χ2v) is 9.48. The average Bonchev–Trinajstić information content (AvgIpc) is 3.11. The van der Waals surface area contributed by atoms with Crippen LogP contribution < -0.4 is 5.73 Å². The number of aromatic hydroxyl groups is 1. The van der Waals surface area contributed by atoms with Crippen LogP contribution in [0.2, 0.25) is 10.0 Å². The van der Waals surface area contributed by atoms with Crippen LogP contribution in [-0.4, -0.2) is 28.4 Å². The van der Waals surface area contributed by atoms with Crippen LogP contribution in [0.25, 0.3) is 10.9 Å².